The van der Waals surface area contributed by atoms with Gasteiger partial charge in [-0.1, -0.05) is 176 Å². The minimum Gasteiger partial charge on any atom is -0.457 e. The highest BCUT2D eigenvalue weighted by Gasteiger charge is 2.34. The van der Waals surface area contributed by atoms with Crippen molar-refractivity contribution in [3.8, 4) is 39.6 Å². The Bertz CT molecular complexity index is 4600. The van der Waals surface area contributed by atoms with Gasteiger partial charge >= 0.3 is 0 Å². The third-order valence-corrected chi connectivity index (χ3v) is 15.7. The summed E-state index contributed by atoms with van der Waals surface area (Å²) < 4.78 is 88.9. The predicted octanol–water partition coefficient (Wildman–Crippen LogP) is 20.8. The lowest BCUT2D eigenvalue weighted by atomic mass is 9.77. The van der Waals surface area contributed by atoms with Crippen LogP contribution in [-0.2, 0) is 28.0 Å². The summed E-state index contributed by atoms with van der Waals surface area (Å²) in [7, 11) is 0. The van der Waals surface area contributed by atoms with Gasteiger partial charge in [-0.05, 0) is 152 Å². The van der Waals surface area contributed by atoms with Crippen molar-refractivity contribution in [2.45, 2.75) is 125 Å². The number of rotatable bonds is 9. The zero-order valence-corrected chi connectivity index (χ0v) is 48.7. The number of hydrogen-bond donors (Lipinski definition) is 0. The Hall–Kier alpha value is -8.09. The van der Waals surface area contributed by atoms with Crippen LogP contribution in [0.25, 0.3) is 71.8 Å². The molecular weight excluding hydrogens is 977 g/mol. The molecule has 6 nitrogen and oxygen atoms in total. The summed E-state index contributed by atoms with van der Waals surface area (Å²) in [6.07, 6.45) is -1.79. The SMILES string of the molecule is [2H]c1cc(C([2H])([2H])C(C)C)cc(-n2c3cc(Oc4cc(N5CN(c6c(-c7cc(C(C)(C)C)cc(C(C)(C)C)c7)cc(C(C)(C)C)cc6-c6c([2H])c([2H])c([2H])c([2H])c6[2H])c6ccccc65)cc(C(C)(C)C)c4)ccc3c3c4oc5ccccc5c4ccc32)n1. The molecule has 0 bridgehead atoms. The molecule has 1 aliphatic rings. The van der Waals surface area contributed by atoms with Crippen LogP contribution in [0, 0.1) is 5.92 Å². The van der Waals surface area contributed by atoms with Gasteiger partial charge in [0, 0.05) is 54.0 Å². The number of anilines is 4. The topological polar surface area (TPSA) is 46.7 Å². The van der Waals surface area contributed by atoms with Crippen LogP contribution in [0.1, 0.15) is 136 Å². The van der Waals surface area contributed by atoms with E-state index in [-0.39, 0.29) is 52.7 Å². The van der Waals surface area contributed by atoms with Crippen LogP contribution in [0.5, 0.6) is 11.5 Å². The van der Waals surface area contributed by atoms with Gasteiger partial charge in [0.05, 0.1) is 41.7 Å². The van der Waals surface area contributed by atoms with Crippen molar-refractivity contribution in [1.29, 1.82) is 0 Å². The highest BCUT2D eigenvalue weighted by Crippen LogP contribution is 2.53. The lowest BCUT2D eigenvalue weighted by molar-refractivity contribution is 0.479. The number of para-hydroxylation sites is 3. The highest BCUT2D eigenvalue weighted by atomic mass is 16.5. The molecule has 0 saturated heterocycles. The molecular formula is C74H76N4O2. The van der Waals surface area contributed by atoms with E-state index in [2.05, 4.69) is 160 Å². The van der Waals surface area contributed by atoms with Crippen LogP contribution >= 0.6 is 0 Å². The van der Waals surface area contributed by atoms with E-state index in [0.29, 0.717) is 34.0 Å². The quantitative estimate of drug-likeness (QED) is 0.144. The summed E-state index contributed by atoms with van der Waals surface area (Å²) in [5.41, 5.74) is 12.3. The first kappa shape index (κ1) is 43.8. The molecule has 4 heterocycles. The van der Waals surface area contributed by atoms with E-state index in [1.165, 1.54) is 6.07 Å². The van der Waals surface area contributed by atoms with Gasteiger partial charge in [0.25, 0.3) is 0 Å². The van der Waals surface area contributed by atoms with E-state index in [4.69, 9.17) is 22.4 Å². The molecule has 0 fully saturated rings. The molecule has 0 spiro atoms. The summed E-state index contributed by atoms with van der Waals surface area (Å²) in [5, 5.41) is 3.68. The molecule has 12 rings (SSSR count). The average Bonchev–Trinajstić information content (AvgIpc) is 1.56. The largest absolute Gasteiger partial charge is 0.457 e. The average molecular weight is 1060 g/mol. The lowest BCUT2D eigenvalue weighted by Crippen LogP contribution is -2.26. The Kier molecular flexibility index (Phi) is 10.6. The number of nitrogens with zero attached hydrogens (tertiary/aromatic N) is 4. The van der Waals surface area contributed by atoms with E-state index in [1.54, 1.807) is 6.07 Å². The maximum atomic E-state index is 9.58. The van der Waals surface area contributed by atoms with Gasteiger partial charge in [-0.2, -0.15) is 0 Å². The molecule has 0 radical (unpaired) electrons. The van der Waals surface area contributed by atoms with Gasteiger partial charge < -0.3 is 19.0 Å². The van der Waals surface area contributed by atoms with Crippen LogP contribution in [0.4, 0.5) is 22.7 Å². The highest BCUT2D eigenvalue weighted by molar-refractivity contribution is 6.24. The summed E-state index contributed by atoms with van der Waals surface area (Å²) >= 11 is 0. The summed E-state index contributed by atoms with van der Waals surface area (Å²) in [5.74, 6) is 1.15. The molecule has 11 aromatic rings. The molecule has 8 aromatic carbocycles. The molecule has 0 unspecified atom stereocenters. The number of hydrogen-bond acceptors (Lipinski definition) is 5. The second-order valence-electron chi connectivity index (χ2n) is 26.1. The Labute approximate surface area is 484 Å². The van der Waals surface area contributed by atoms with Crippen LogP contribution in [0.2, 0.25) is 0 Å². The minimum atomic E-state index is -1.74. The third-order valence-electron chi connectivity index (χ3n) is 15.7. The smallest absolute Gasteiger partial charge is 0.145 e. The fraction of sp³-hybridized carbons (Fsp3) is 0.284. The standard InChI is InChI=1S/C74H76N4O2/c1-46(2)34-47-32-33-75-67(35-47)78-64-31-30-58-57-24-18-21-27-66(57)80-70(58)68(64)59-29-28-55(44-65(59)78)79-56-40-52(73(9,10)11)39-54(43-56)76-45-77(63-26-20-19-25-62(63)76)69-60(48-22-16-15-17-23-48)41-53(74(12,13)14)42-61(69)49-36-50(71(3,4)5)38-51(37-49)72(6,7)8/h15-33,35-44,46H,34,45H2,1-14H3/i15D,16D,17D,22D,23D,33D,34D2. The summed E-state index contributed by atoms with van der Waals surface area (Å²) in [6, 6.07) is 45.3. The molecule has 0 aliphatic carbocycles. The van der Waals surface area contributed by atoms with Crippen LogP contribution < -0.4 is 14.5 Å². The molecule has 3 aromatic heterocycles. The van der Waals surface area contributed by atoms with Crippen molar-refractivity contribution < 1.29 is 20.1 Å². The van der Waals surface area contributed by atoms with Crippen molar-refractivity contribution >= 4 is 66.5 Å². The minimum absolute atomic E-state index is 0.0503. The van der Waals surface area contributed by atoms with Gasteiger partial charge in [-0.25, -0.2) is 4.98 Å². The molecule has 80 heavy (non-hydrogen) atoms. The molecule has 6 heteroatoms. The summed E-state index contributed by atoms with van der Waals surface area (Å²) in [4.78, 5) is 9.29. The van der Waals surface area contributed by atoms with Crippen molar-refractivity contribution in [3.63, 3.8) is 0 Å². The van der Waals surface area contributed by atoms with E-state index < -0.39 is 29.9 Å². The number of fused-ring (bicyclic) bond motifs is 8. The zero-order chi connectivity index (χ0) is 63.2. The van der Waals surface area contributed by atoms with E-state index in [0.717, 1.165) is 94.3 Å². The van der Waals surface area contributed by atoms with Gasteiger partial charge in [-0.3, -0.25) is 4.57 Å². The third kappa shape index (κ3) is 9.61. The van der Waals surface area contributed by atoms with E-state index >= 15 is 0 Å². The molecule has 0 N–H and O–H groups in total. The van der Waals surface area contributed by atoms with Crippen molar-refractivity contribution in [2.24, 2.45) is 5.92 Å². The zero-order valence-electron chi connectivity index (χ0n) is 56.7. The Balaban J connectivity index is 1.06. The maximum absolute atomic E-state index is 9.58. The molecule has 1 aliphatic heterocycles. The number of ether oxygens (including phenoxy) is 1. The van der Waals surface area contributed by atoms with Crippen LogP contribution in [0.15, 0.2) is 180 Å². The first-order chi connectivity index (χ1) is 41.2. The Morgan fingerprint density at radius 2 is 1.18 bits per heavy atom. The lowest BCUT2D eigenvalue weighted by Gasteiger charge is -2.32. The van der Waals surface area contributed by atoms with E-state index in [1.807, 2.05) is 79.1 Å². The van der Waals surface area contributed by atoms with Crippen molar-refractivity contribution in [1.82, 2.24) is 9.55 Å². The van der Waals surface area contributed by atoms with Gasteiger partial charge in [0.1, 0.15) is 35.2 Å². The number of pyridine rings is 1. The van der Waals surface area contributed by atoms with Crippen molar-refractivity contribution in [3.05, 3.63) is 204 Å². The predicted molar refractivity (Wildman–Crippen MR) is 339 cm³/mol. The first-order valence-electron chi connectivity index (χ1n) is 32.0. The maximum Gasteiger partial charge on any atom is 0.145 e. The van der Waals surface area contributed by atoms with Gasteiger partial charge in [0.2, 0.25) is 0 Å². The van der Waals surface area contributed by atoms with Crippen LogP contribution in [0.3, 0.4) is 0 Å². The molecule has 0 saturated carbocycles. The number of furan rings is 1. The molecule has 0 atom stereocenters. The van der Waals surface area contributed by atoms with Crippen LogP contribution in [-0.4, -0.2) is 16.2 Å². The first-order valence-corrected chi connectivity index (χ1v) is 28.0. The normalized spacial score (nSPS) is 15.0. The van der Waals surface area contributed by atoms with Crippen molar-refractivity contribution in [2.75, 3.05) is 16.5 Å². The second-order valence-corrected chi connectivity index (χ2v) is 26.1. The monoisotopic (exact) mass is 1060 g/mol. The molecule has 404 valence electrons. The fourth-order valence-electron chi connectivity index (χ4n) is 11.3. The fourth-order valence-corrected chi connectivity index (χ4v) is 11.3. The molecule has 0 amide bonds. The number of aromatic nitrogens is 2. The Morgan fingerprint density at radius 3 is 1.85 bits per heavy atom. The second kappa shape index (κ2) is 19.3. The van der Waals surface area contributed by atoms with Gasteiger partial charge in [0.15, 0.2) is 0 Å². The van der Waals surface area contributed by atoms with Gasteiger partial charge in [-0.15, -0.1) is 0 Å². The van der Waals surface area contributed by atoms with E-state index in [9.17, 15) is 2.74 Å². The number of benzene rings is 8. The summed E-state index contributed by atoms with van der Waals surface area (Å²) in [6.45, 7) is 30.3. The Morgan fingerprint density at radius 1 is 0.562 bits per heavy atom.